The highest BCUT2D eigenvalue weighted by Crippen LogP contribution is 2.46. The van der Waals surface area contributed by atoms with Gasteiger partial charge in [-0.15, -0.1) is 11.3 Å². The molecule has 0 aliphatic carbocycles. The molecule has 0 radical (unpaired) electrons. The maximum Gasteiger partial charge on any atom is 0.262 e. The van der Waals surface area contributed by atoms with Gasteiger partial charge in [-0.2, -0.15) is 5.10 Å². The lowest BCUT2D eigenvalue weighted by Crippen LogP contribution is -2.46. The number of carbonyl (C=O) groups excluding carboxylic acids is 1. The number of fused-ring (bicyclic) bond motifs is 2. The van der Waals surface area contributed by atoms with Crippen LogP contribution in [0.15, 0.2) is 18.6 Å². The van der Waals surface area contributed by atoms with Crippen molar-refractivity contribution in [2.75, 3.05) is 19.6 Å². The molecule has 10 heteroatoms. The average Bonchev–Trinajstić information content (AvgIpc) is 3.62. The van der Waals surface area contributed by atoms with E-state index in [4.69, 9.17) is 0 Å². The van der Waals surface area contributed by atoms with Crippen molar-refractivity contribution in [2.24, 2.45) is 0 Å². The van der Waals surface area contributed by atoms with Crippen LogP contribution in [0.4, 0.5) is 8.78 Å². The Hall–Kier alpha value is -2.85. The van der Waals surface area contributed by atoms with Crippen molar-refractivity contribution < 1.29 is 13.6 Å². The molecule has 2 saturated heterocycles. The van der Waals surface area contributed by atoms with Crippen LogP contribution in [0.1, 0.15) is 66.5 Å². The number of aromatic nitrogens is 4. The minimum Gasteiger partial charge on any atom is -0.346 e. The topological polar surface area (TPSA) is 78.3 Å². The first kappa shape index (κ1) is 24.5. The van der Waals surface area contributed by atoms with Gasteiger partial charge >= 0.3 is 0 Å². The first-order valence-corrected chi connectivity index (χ1v) is 13.8. The van der Waals surface area contributed by atoms with Crippen molar-refractivity contribution in [3.05, 3.63) is 40.2 Å². The lowest BCUT2D eigenvalue weighted by molar-refractivity contribution is -0.134. The third kappa shape index (κ3) is 4.14. The molecule has 1 amide bonds. The molecule has 0 spiro atoms. The summed E-state index contributed by atoms with van der Waals surface area (Å²) in [5.41, 5.74) is 6.80. The predicted octanol–water partition coefficient (Wildman–Crippen LogP) is 5.38. The third-order valence-electron chi connectivity index (χ3n) is 7.97. The molecule has 0 aromatic carbocycles. The van der Waals surface area contributed by atoms with E-state index in [2.05, 4.69) is 54.1 Å². The Morgan fingerprint density at radius 2 is 2.00 bits per heavy atom. The number of halogens is 2. The monoisotopic (exact) mass is 526 g/mol. The van der Waals surface area contributed by atoms with Crippen LogP contribution in [-0.2, 0) is 4.79 Å². The zero-order chi connectivity index (χ0) is 26.1. The number of pyridine rings is 1. The van der Waals surface area contributed by atoms with Crippen molar-refractivity contribution in [1.29, 1.82) is 0 Å². The fourth-order valence-corrected chi connectivity index (χ4v) is 7.54. The fraction of sp³-hybridized carbons (Fsp3) is 0.519. The van der Waals surface area contributed by atoms with Gasteiger partial charge in [-0.3, -0.25) is 10.1 Å². The summed E-state index contributed by atoms with van der Waals surface area (Å²) >= 11 is 1.82. The molecule has 2 aliphatic heterocycles. The standard InChI is InChI=1S/C27H32F2N6OS/c1-14(2)20-21-16(4)23(17-5-7-34(8-6-17)26(36)19-10-27(28,29)12-30-19)37-25(21)33-22(20)18-9-15(3)24-31-13-32-35(24)11-18/h9,11,13-14,17,19,30,33H,5-8,10,12H2,1-4H3/t19-/m1/s1. The van der Waals surface area contributed by atoms with E-state index < -0.39 is 24.9 Å². The average molecular weight is 527 g/mol. The summed E-state index contributed by atoms with van der Waals surface area (Å²) in [5, 5.41) is 8.36. The molecule has 2 aliphatic rings. The van der Waals surface area contributed by atoms with Crippen LogP contribution in [-0.4, -0.2) is 62.0 Å². The molecular formula is C27H32F2N6OS. The lowest BCUT2D eigenvalue weighted by atomic mass is 9.90. The second-order valence-corrected chi connectivity index (χ2v) is 11.9. The molecular weight excluding hydrogens is 494 g/mol. The van der Waals surface area contributed by atoms with Crippen LogP contribution in [0.3, 0.4) is 0 Å². The Morgan fingerprint density at radius 3 is 2.68 bits per heavy atom. The van der Waals surface area contributed by atoms with Gasteiger partial charge in [-0.1, -0.05) is 13.8 Å². The van der Waals surface area contributed by atoms with Gasteiger partial charge in [0, 0.05) is 41.5 Å². The summed E-state index contributed by atoms with van der Waals surface area (Å²) in [6.07, 6.45) is 4.92. The second kappa shape index (κ2) is 8.87. The van der Waals surface area contributed by atoms with Gasteiger partial charge in [0.15, 0.2) is 5.65 Å². The van der Waals surface area contributed by atoms with E-state index in [1.54, 1.807) is 11.2 Å². The number of carbonyl (C=O) groups is 1. The van der Waals surface area contributed by atoms with Crippen LogP contribution in [0, 0.1) is 13.8 Å². The van der Waals surface area contributed by atoms with Crippen LogP contribution in [0.5, 0.6) is 0 Å². The SMILES string of the molecule is Cc1c(C2CCN(C(=O)[C@H]3CC(F)(F)CN3)CC2)sc2[nH]c(-c3cc(C)c4ncnn4c3)c(C(C)C)c12. The van der Waals surface area contributed by atoms with Crippen LogP contribution < -0.4 is 5.32 Å². The highest BCUT2D eigenvalue weighted by Gasteiger charge is 2.44. The fourth-order valence-electron chi connectivity index (χ4n) is 6.15. The van der Waals surface area contributed by atoms with Gasteiger partial charge in [0.2, 0.25) is 5.91 Å². The number of nitrogens with one attached hydrogen (secondary N) is 2. The van der Waals surface area contributed by atoms with E-state index in [1.807, 2.05) is 22.0 Å². The molecule has 4 aromatic heterocycles. The van der Waals surface area contributed by atoms with Crippen molar-refractivity contribution in [1.82, 2.24) is 29.8 Å². The van der Waals surface area contributed by atoms with E-state index >= 15 is 0 Å². The summed E-state index contributed by atoms with van der Waals surface area (Å²) in [6.45, 7) is 9.54. The van der Waals surface area contributed by atoms with Crippen LogP contribution in [0.2, 0.25) is 0 Å². The van der Waals surface area contributed by atoms with Crippen molar-refractivity contribution >= 4 is 33.1 Å². The van der Waals surface area contributed by atoms with Gasteiger partial charge < -0.3 is 9.88 Å². The summed E-state index contributed by atoms with van der Waals surface area (Å²) in [6, 6.07) is 1.41. The van der Waals surface area contributed by atoms with E-state index in [9.17, 15) is 13.6 Å². The molecule has 0 unspecified atom stereocenters. The third-order valence-corrected chi connectivity index (χ3v) is 9.34. The highest BCUT2D eigenvalue weighted by molar-refractivity contribution is 7.19. The number of alkyl halides is 2. The zero-order valence-corrected chi connectivity index (χ0v) is 22.4. The molecule has 6 heterocycles. The van der Waals surface area contributed by atoms with Gasteiger partial charge in [-0.25, -0.2) is 18.3 Å². The normalized spacial score (nSPS) is 20.6. The van der Waals surface area contributed by atoms with Gasteiger partial charge in [0.05, 0.1) is 18.3 Å². The molecule has 196 valence electrons. The molecule has 0 saturated carbocycles. The van der Waals surface area contributed by atoms with Crippen LogP contribution in [0.25, 0.3) is 27.1 Å². The number of nitrogens with zero attached hydrogens (tertiary/aromatic N) is 4. The van der Waals surface area contributed by atoms with Crippen LogP contribution >= 0.6 is 11.3 Å². The van der Waals surface area contributed by atoms with Crippen molar-refractivity contribution in [2.45, 2.75) is 70.8 Å². The number of likely N-dealkylation sites (tertiary alicyclic amines) is 1. The Labute approximate surface area is 218 Å². The summed E-state index contributed by atoms with van der Waals surface area (Å²) in [5.74, 6) is -2.28. The number of rotatable bonds is 4. The molecule has 0 bridgehead atoms. The molecule has 2 fully saturated rings. The molecule has 1 atom stereocenters. The lowest BCUT2D eigenvalue weighted by Gasteiger charge is -2.33. The number of hydrogen-bond donors (Lipinski definition) is 2. The number of hydrogen-bond acceptors (Lipinski definition) is 5. The molecule has 7 nitrogen and oxygen atoms in total. The van der Waals surface area contributed by atoms with E-state index in [0.29, 0.717) is 24.9 Å². The summed E-state index contributed by atoms with van der Waals surface area (Å²) in [4.78, 5) is 25.2. The Bertz CT molecular complexity index is 1490. The molecule has 37 heavy (non-hydrogen) atoms. The number of aromatic amines is 1. The van der Waals surface area contributed by atoms with E-state index in [1.165, 1.54) is 26.2 Å². The Morgan fingerprint density at radius 1 is 1.24 bits per heavy atom. The zero-order valence-electron chi connectivity index (χ0n) is 21.6. The maximum atomic E-state index is 13.6. The number of thiophene rings is 1. The Balaban J connectivity index is 1.27. The van der Waals surface area contributed by atoms with Crippen molar-refractivity contribution in [3.63, 3.8) is 0 Å². The van der Waals surface area contributed by atoms with E-state index in [0.717, 1.165) is 35.3 Å². The van der Waals surface area contributed by atoms with Crippen molar-refractivity contribution in [3.8, 4) is 11.3 Å². The maximum absolute atomic E-state index is 13.6. The molecule has 2 N–H and O–H groups in total. The number of H-pyrrole nitrogens is 1. The number of piperidine rings is 1. The first-order valence-electron chi connectivity index (χ1n) is 13.0. The molecule has 4 aromatic rings. The summed E-state index contributed by atoms with van der Waals surface area (Å²) in [7, 11) is 0. The number of amides is 1. The minimum atomic E-state index is -2.79. The summed E-state index contributed by atoms with van der Waals surface area (Å²) < 4.78 is 29.0. The van der Waals surface area contributed by atoms with E-state index in [-0.39, 0.29) is 5.91 Å². The number of aryl methyl sites for hydroxylation is 2. The second-order valence-electron chi connectivity index (χ2n) is 10.9. The predicted molar refractivity (Wildman–Crippen MR) is 142 cm³/mol. The first-order chi connectivity index (χ1) is 17.6. The van der Waals surface area contributed by atoms with Gasteiger partial charge in [0.25, 0.3) is 5.92 Å². The van der Waals surface area contributed by atoms with Gasteiger partial charge in [0.1, 0.15) is 11.2 Å². The Kier molecular flexibility index (Phi) is 5.87. The quantitative estimate of drug-likeness (QED) is 0.374. The smallest absolute Gasteiger partial charge is 0.262 e. The largest absolute Gasteiger partial charge is 0.346 e. The molecule has 6 rings (SSSR count). The highest BCUT2D eigenvalue weighted by atomic mass is 32.1. The minimum absolute atomic E-state index is 0.183. The van der Waals surface area contributed by atoms with Gasteiger partial charge in [-0.05, 0) is 61.3 Å².